The van der Waals surface area contributed by atoms with Crippen molar-refractivity contribution in [3.8, 4) is 0 Å². The molecule has 1 heterocycles. The summed E-state index contributed by atoms with van der Waals surface area (Å²) < 4.78 is 5.72. The lowest BCUT2D eigenvalue weighted by molar-refractivity contribution is -0.124. The molecule has 1 aliphatic heterocycles. The van der Waals surface area contributed by atoms with E-state index < -0.39 is 0 Å². The highest BCUT2D eigenvalue weighted by Crippen LogP contribution is 2.33. The van der Waals surface area contributed by atoms with Gasteiger partial charge in [-0.1, -0.05) is 30.7 Å². The normalized spacial score (nSPS) is 31.6. The molecule has 1 aromatic carbocycles. The van der Waals surface area contributed by atoms with Crippen molar-refractivity contribution in [2.24, 2.45) is 11.8 Å². The van der Waals surface area contributed by atoms with E-state index >= 15 is 0 Å². The molecule has 0 spiro atoms. The molecule has 1 aromatic rings. The van der Waals surface area contributed by atoms with E-state index in [1.54, 1.807) is 0 Å². The van der Waals surface area contributed by atoms with Crippen LogP contribution >= 0.6 is 11.6 Å². The number of hydrogen-bond donors (Lipinski definition) is 0. The van der Waals surface area contributed by atoms with Gasteiger partial charge in [-0.2, -0.15) is 0 Å². The number of benzene rings is 1. The molecule has 0 radical (unpaired) electrons. The quantitative estimate of drug-likeness (QED) is 0.837. The molecule has 0 aliphatic carbocycles. The molecule has 4 unspecified atom stereocenters. The second-order valence-electron chi connectivity index (χ2n) is 5.20. The van der Waals surface area contributed by atoms with Crippen LogP contribution in [0.2, 0.25) is 5.02 Å². The van der Waals surface area contributed by atoms with Crippen molar-refractivity contribution in [3.63, 3.8) is 0 Å². The third kappa shape index (κ3) is 2.76. The fraction of sp³-hybridized carbons (Fsp3) is 0.533. The molecule has 1 aliphatic rings. The third-order valence-corrected chi connectivity index (χ3v) is 4.12. The highest BCUT2D eigenvalue weighted by molar-refractivity contribution is 6.30. The molecular formula is C15H19ClO2. The minimum Gasteiger partial charge on any atom is -0.375 e. The smallest absolute Gasteiger partial charge is 0.143 e. The number of Topliss-reactive ketones (excluding diaryl/α,β-unsaturated/α-hetero) is 1. The Balaban J connectivity index is 2.08. The van der Waals surface area contributed by atoms with E-state index in [0.29, 0.717) is 11.4 Å². The number of hydrogen-bond acceptors (Lipinski definition) is 2. The van der Waals surface area contributed by atoms with Crippen molar-refractivity contribution < 1.29 is 9.53 Å². The first-order valence-electron chi connectivity index (χ1n) is 6.41. The van der Waals surface area contributed by atoms with Crippen molar-refractivity contribution in [2.75, 3.05) is 0 Å². The van der Waals surface area contributed by atoms with Gasteiger partial charge >= 0.3 is 0 Å². The fourth-order valence-electron chi connectivity index (χ4n) is 2.79. The van der Waals surface area contributed by atoms with Gasteiger partial charge in [0.05, 0.1) is 12.2 Å². The molecule has 2 rings (SSSR count). The lowest BCUT2D eigenvalue weighted by atomic mass is 9.84. The van der Waals surface area contributed by atoms with E-state index in [0.717, 1.165) is 5.56 Å². The first-order chi connectivity index (χ1) is 8.49. The Labute approximate surface area is 113 Å². The summed E-state index contributed by atoms with van der Waals surface area (Å²) in [6.07, 6.45) is 0.616. The predicted molar refractivity (Wildman–Crippen MR) is 72.8 cm³/mol. The summed E-state index contributed by atoms with van der Waals surface area (Å²) in [5.74, 6) is 0.535. The van der Waals surface area contributed by atoms with Gasteiger partial charge in [-0.3, -0.25) is 4.79 Å². The first kappa shape index (κ1) is 13.6. The molecule has 98 valence electrons. The van der Waals surface area contributed by atoms with Crippen LogP contribution in [0.1, 0.15) is 26.3 Å². The van der Waals surface area contributed by atoms with Gasteiger partial charge < -0.3 is 4.74 Å². The summed E-state index contributed by atoms with van der Waals surface area (Å²) >= 11 is 5.93. The van der Waals surface area contributed by atoms with Crippen molar-refractivity contribution in [1.82, 2.24) is 0 Å². The van der Waals surface area contributed by atoms with Gasteiger partial charge in [0.1, 0.15) is 5.78 Å². The second-order valence-corrected chi connectivity index (χ2v) is 5.64. The van der Waals surface area contributed by atoms with Crippen molar-refractivity contribution in [2.45, 2.75) is 39.4 Å². The van der Waals surface area contributed by atoms with Gasteiger partial charge in [-0.15, -0.1) is 0 Å². The minimum absolute atomic E-state index is 0.000943. The van der Waals surface area contributed by atoms with E-state index in [1.807, 2.05) is 38.1 Å². The third-order valence-electron chi connectivity index (χ3n) is 3.88. The predicted octanol–water partition coefficient (Wildman–Crippen LogP) is 3.51. The van der Waals surface area contributed by atoms with Gasteiger partial charge in [0, 0.05) is 17.4 Å². The Hall–Kier alpha value is -0.860. The molecule has 0 aromatic heterocycles. The van der Waals surface area contributed by atoms with Gasteiger partial charge in [-0.25, -0.2) is 0 Å². The highest BCUT2D eigenvalue weighted by Gasteiger charge is 2.40. The Morgan fingerprint density at radius 3 is 2.56 bits per heavy atom. The molecule has 1 fully saturated rings. The summed E-state index contributed by atoms with van der Waals surface area (Å²) in [5, 5.41) is 0.678. The van der Waals surface area contributed by atoms with Crippen LogP contribution in [0.25, 0.3) is 0 Å². The van der Waals surface area contributed by atoms with E-state index in [4.69, 9.17) is 16.3 Å². The summed E-state index contributed by atoms with van der Waals surface area (Å²) in [5.41, 5.74) is 0.978. The first-order valence-corrected chi connectivity index (χ1v) is 6.79. The minimum atomic E-state index is -0.000943. The maximum atomic E-state index is 12.4. The monoisotopic (exact) mass is 266 g/mol. The maximum absolute atomic E-state index is 12.4. The van der Waals surface area contributed by atoms with Crippen molar-refractivity contribution in [3.05, 3.63) is 34.9 Å². The van der Waals surface area contributed by atoms with Crippen molar-refractivity contribution in [1.29, 1.82) is 0 Å². The Morgan fingerprint density at radius 2 is 2.00 bits per heavy atom. The summed E-state index contributed by atoms with van der Waals surface area (Å²) in [6, 6.07) is 7.50. The Bertz CT molecular complexity index is 444. The van der Waals surface area contributed by atoms with E-state index in [2.05, 4.69) is 6.92 Å². The maximum Gasteiger partial charge on any atom is 0.143 e. The Kier molecular flexibility index (Phi) is 4.08. The number of carbonyl (C=O) groups excluding carboxylic acids is 1. The Morgan fingerprint density at radius 1 is 1.28 bits per heavy atom. The van der Waals surface area contributed by atoms with Crippen LogP contribution in [-0.4, -0.2) is 18.0 Å². The molecule has 0 amide bonds. The van der Waals surface area contributed by atoms with Crippen LogP contribution in [0.3, 0.4) is 0 Å². The molecule has 2 nitrogen and oxygen atoms in total. The lowest BCUT2D eigenvalue weighted by Crippen LogP contribution is -2.28. The average Bonchev–Trinajstić information content (AvgIpc) is 2.53. The zero-order valence-electron chi connectivity index (χ0n) is 11.0. The number of ketones is 1. The topological polar surface area (TPSA) is 26.3 Å². The number of halogens is 1. The molecule has 0 saturated carbocycles. The molecule has 18 heavy (non-hydrogen) atoms. The molecular weight excluding hydrogens is 248 g/mol. The van der Waals surface area contributed by atoms with Gasteiger partial charge in [-0.05, 0) is 37.5 Å². The highest BCUT2D eigenvalue weighted by atomic mass is 35.5. The number of rotatable bonds is 3. The zero-order valence-corrected chi connectivity index (χ0v) is 11.8. The SMILES string of the molecule is CC1OC(C)C(C(=O)Cc2cccc(Cl)c2)C1C. The number of ether oxygens (including phenoxy) is 1. The van der Waals surface area contributed by atoms with Crippen LogP contribution in [0.4, 0.5) is 0 Å². The van der Waals surface area contributed by atoms with Crippen LogP contribution in [0, 0.1) is 11.8 Å². The second kappa shape index (κ2) is 5.41. The van der Waals surface area contributed by atoms with E-state index in [9.17, 15) is 4.79 Å². The molecule has 3 heteroatoms. The number of carbonyl (C=O) groups is 1. The van der Waals surface area contributed by atoms with Crippen molar-refractivity contribution >= 4 is 17.4 Å². The van der Waals surface area contributed by atoms with Gasteiger partial charge in [0.2, 0.25) is 0 Å². The van der Waals surface area contributed by atoms with Crippen LogP contribution in [-0.2, 0) is 16.0 Å². The fourth-order valence-corrected chi connectivity index (χ4v) is 3.00. The summed E-state index contributed by atoms with van der Waals surface area (Å²) in [7, 11) is 0. The van der Waals surface area contributed by atoms with Crippen LogP contribution < -0.4 is 0 Å². The van der Waals surface area contributed by atoms with E-state index in [1.165, 1.54) is 0 Å². The van der Waals surface area contributed by atoms with Crippen LogP contribution in [0.5, 0.6) is 0 Å². The van der Waals surface area contributed by atoms with E-state index in [-0.39, 0.29) is 29.8 Å². The van der Waals surface area contributed by atoms with Crippen LogP contribution in [0.15, 0.2) is 24.3 Å². The molecule has 0 bridgehead atoms. The summed E-state index contributed by atoms with van der Waals surface area (Å²) in [6.45, 7) is 6.11. The summed E-state index contributed by atoms with van der Waals surface area (Å²) in [4.78, 5) is 12.4. The average molecular weight is 267 g/mol. The zero-order chi connectivity index (χ0) is 13.3. The largest absolute Gasteiger partial charge is 0.375 e. The molecule has 1 saturated heterocycles. The van der Waals surface area contributed by atoms with Gasteiger partial charge in [0.15, 0.2) is 0 Å². The molecule has 4 atom stereocenters. The molecule has 0 N–H and O–H groups in total. The lowest BCUT2D eigenvalue weighted by Gasteiger charge is -2.17. The standard InChI is InChI=1S/C15H19ClO2/c1-9-10(2)18-11(3)15(9)14(17)8-12-5-4-6-13(16)7-12/h4-7,9-11,15H,8H2,1-3H3. The van der Waals surface area contributed by atoms with Gasteiger partial charge in [0.25, 0.3) is 0 Å².